The Bertz CT molecular complexity index is 759. The molecule has 0 unspecified atom stereocenters. The molecule has 0 aromatic heterocycles. The van der Waals surface area contributed by atoms with E-state index in [1.807, 2.05) is 0 Å². The number of amides is 1. The van der Waals surface area contributed by atoms with Crippen molar-refractivity contribution in [3.63, 3.8) is 0 Å². The SMILES string of the molecule is C[C@@H](OC(=O)CCCC(=O)Nc1ccc(F)cc1)C(=O)c1ccccc1. The van der Waals surface area contributed by atoms with Crippen molar-refractivity contribution < 1.29 is 23.5 Å². The first kappa shape index (κ1) is 19.3. The summed E-state index contributed by atoms with van der Waals surface area (Å²) < 4.78 is 17.9. The van der Waals surface area contributed by atoms with Crippen LogP contribution in [-0.2, 0) is 14.3 Å². The average Bonchev–Trinajstić information content (AvgIpc) is 2.63. The number of hydrogen-bond donors (Lipinski definition) is 1. The zero-order chi connectivity index (χ0) is 18.9. The van der Waals surface area contributed by atoms with Crippen molar-refractivity contribution in [2.75, 3.05) is 5.32 Å². The van der Waals surface area contributed by atoms with Crippen LogP contribution in [0, 0.1) is 5.82 Å². The Balaban J connectivity index is 1.70. The molecule has 2 aromatic rings. The molecule has 0 aliphatic carbocycles. The normalized spacial score (nSPS) is 11.5. The predicted molar refractivity (Wildman–Crippen MR) is 95.2 cm³/mol. The van der Waals surface area contributed by atoms with Crippen molar-refractivity contribution in [3.8, 4) is 0 Å². The Kier molecular flexibility index (Phi) is 7.02. The molecule has 5 nitrogen and oxygen atoms in total. The number of Topliss-reactive ketones (excluding diaryl/α,β-unsaturated/α-hetero) is 1. The van der Waals surface area contributed by atoms with Gasteiger partial charge in [0, 0.05) is 24.1 Å². The molecule has 2 rings (SSSR count). The lowest BCUT2D eigenvalue weighted by Gasteiger charge is -2.12. The highest BCUT2D eigenvalue weighted by molar-refractivity contribution is 6.00. The van der Waals surface area contributed by atoms with E-state index in [2.05, 4.69) is 5.32 Å². The number of hydrogen-bond acceptors (Lipinski definition) is 4. The van der Waals surface area contributed by atoms with Gasteiger partial charge < -0.3 is 10.1 Å². The lowest BCUT2D eigenvalue weighted by Crippen LogP contribution is -2.24. The van der Waals surface area contributed by atoms with Gasteiger partial charge >= 0.3 is 5.97 Å². The van der Waals surface area contributed by atoms with Crippen LogP contribution in [0.15, 0.2) is 54.6 Å². The highest BCUT2D eigenvalue weighted by Crippen LogP contribution is 2.11. The quantitative estimate of drug-likeness (QED) is 0.577. The summed E-state index contributed by atoms with van der Waals surface area (Å²) >= 11 is 0. The molecule has 0 saturated carbocycles. The summed E-state index contributed by atoms with van der Waals surface area (Å²) in [5, 5.41) is 2.61. The van der Waals surface area contributed by atoms with Crippen LogP contribution in [0.3, 0.4) is 0 Å². The number of ketones is 1. The molecule has 1 N–H and O–H groups in total. The summed E-state index contributed by atoms with van der Waals surface area (Å²) in [5.74, 6) is -1.47. The first-order valence-corrected chi connectivity index (χ1v) is 8.30. The van der Waals surface area contributed by atoms with E-state index < -0.39 is 12.1 Å². The Morgan fingerprint density at radius 3 is 2.31 bits per heavy atom. The predicted octanol–water partition coefficient (Wildman–Crippen LogP) is 3.75. The number of halogens is 1. The van der Waals surface area contributed by atoms with Gasteiger partial charge in [0.05, 0.1) is 0 Å². The maximum Gasteiger partial charge on any atom is 0.306 e. The van der Waals surface area contributed by atoms with Crippen molar-refractivity contribution >= 4 is 23.3 Å². The van der Waals surface area contributed by atoms with Crippen LogP contribution in [0.25, 0.3) is 0 Å². The molecule has 0 saturated heterocycles. The summed E-state index contributed by atoms with van der Waals surface area (Å²) in [6.45, 7) is 1.52. The molecule has 26 heavy (non-hydrogen) atoms. The molecule has 0 fully saturated rings. The summed E-state index contributed by atoms with van der Waals surface area (Å²) in [5.41, 5.74) is 0.965. The molecule has 0 aliphatic heterocycles. The van der Waals surface area contributed by atoms with Gasteiger partial charge in [-0.25, -0.2) is 4.39 Å². The van der Waals surface area contributed by atoms with Gasteiger partial charge in [-0.1, -0.05) is 30.3 Å². The van der Waals surface area contributed by atoms with Crippen molar-refractivity contribution in [3.05, 3.63) is 66.0 Å². The highest BCUT2D eigenvalue weighted by atomic mass is 19.1. The largest absolute Gasteiger partial charge is 0.454 e. The second-order valence-electron chi connectivity index (χ2n) is 5.77. The maximum absolute atomic E-state index is 12.8. The minimum Gasteiger partial charge on any atom is -0.454 e. The average molecular weight is 357 g/mol. The molecule has 136 valence electrons. The Hall–Kier alpha value is -3.02. The number of esters is 1. The van der Waals surface area contributed by atoms with Crippen molar-refractivity contribution in [2.24, 2.45) is 0 Å². The molecular weight excluding hydrogens is 337 g/mol. The van der Waals surface area contributed by atoms with E-state index in [1.165, 1.54) is 31.2 Å². The van der Waals surface area contributed by atoms with Crippen LogP contribution in [0.1, 0.15) is 36.5 Å². The van der Waals surface area contributed by atoms with Crippen LogP contribution in [-0.4, -0.2) is 23.8 Å². The third-order valence-electron chi connectivity index (χ3n) is 3.65. The number of ether oxygens (including phenoxy) is 1. The fraction of sp³-hybridized carbons (Fsp3) is 0.250. The molecule has 0 spiro atoms. The van der Waals surface area contributed by atoms with E-state index >= 15 is 0 Å². The Morgan fingerprint density at radius 2 is 1.65 bits per heavy atom. The summed E-state index contributed by atoms with van der Waals surface area (Å²) in [4.78, 5) is 35.7. The van der Waals surface area contributed by atoms with Gasteiger partial charge in [-0.2, -0.15) is 0 Å². The number of rotatable bonds is 8. The zero-order valence-corrected chi connectivity index (χ0v) is 14.4. The topological polar surface area (TPSA) is 72.5 Å². The van der Waals surface area contributed by atoms with Gasteiger partial charge in [-0.3, -0.25) is 14.4 Å². The van der Waals surface area contributed by atoms with Crippen LogP contribution in [0.5, 0.6) is 0 Å². The van der Waals surface area contributed by atoms with Gasteiger partial charge in [0.2, 0.25) is 11.7 Å². The first-order chi connectivity index (χ1) is 12.5. The van der Waals surface area contributed by atoms with Crippen LogP contribution >= 0.6 is 0 Å². The van der Waals surface area contributed by atoms with Gasteiger partial charge in [0.1, 0.15) is 5.82 Å². The third kappa shape index (κ3) is 6.12. The number of benzene rings is 2. The lowest BCUT2D eigenvalue weighted by atomic mass is 10.1. The Labute approximate surface area is 151 Å². The van der Waals surface area contributed by atoms with Gasteiger partial charge in [-0.15, -0.1) is 0 Å². The first-order valence-electron chi connectivity index (χ1n) is 8.30. The molecule has 1 amide bonds. The zero-order valence-electron chi connectivity index (χ0n) is 14.4. The standard InChI is InChI=1S/C20H20FNO4/c1-14(20(25)15-6-3-2-4-7-15)26-19(24)9-5-8-18(23)22-17-12-10-16(21)11-13-17/h2-4,6-7,10-14H,5,8-9H2,1H3,(H,22,23)/t14-/m1/s1. The van der Waals surface area contributed by atoms with Gasteiger partial charge in [0.25, 0.3) is 0 Å². The fourth-order valence-electron chi connectivity index (χ4n) is 2.30. The van der Waals surface area contributed by atoms with Crippen LogP contribution in [0.2, 0.25) is 0 Å². The Morgan fingerprint density at radius 1 is 1.00 bits per heavy atom. The summed E-state index contributed by atoms with van der Waals surface area (Å²) in [6.07, 6.45) is -0.438. The number of carbonyl (C=O) groups is 3. The van der Waals surface area contributed by atoms with E-state index in [0.29, 0.717) is 11.3 Å². The van der Waals surface area contributed by atoms with Crippen LogP contribution < -0.4 is 5.32 Å². The van der Waals surface area contributed by atoms with Gasteiger partial charge in [0.15, 0.2) is 6.10 Å². The highest BCUT2D eigenvalue weighted by Gasteiger charge is 2.19. The lowest BCUT2D eigenvalue weighted by molar-refractivity contribution is -0.146. The number of anilines is 1. The molecule has 1 atom stereocenters. The minimum atomic E-state index is -0.877. The van der Waals surface area contributed by atoms with Gasteiger partial charge in [-0.05, 0) is 37.6 Å². The molecular formula is C20H20FNO4. The van der Waals surface area contributed by atoms with E-state index in [0.717, 1.165) is 0 Å². The molecule has 6 heteroatoms. The summed E-state index contributed by atoms with van der Waals surface area (Å²) in [7, 11) is 0. The van der Waals surface area contributed by atoms with Crippen molar-refractivity contribution in [1.29, 1.82) is 0 Å². The van der Waals surface area contributed by atoms with Crippen molar-refractivity contribution in [2.45, 2.75) is 32.3 Å². The third-order valence-corrected chi connectivity index (χ3v) is 3.65. The molecule has 2 aromatic carbocycles. The molecule has 0 radical (unpaired) electrons. The van der Waals surface area contributed by atoms with E-state index in [4.69, 9.17) is 4.74 Å². The second-order valence-corrected chi connectivity index (χ2v) is 5.77. The monoisotopic (exact) mass is 357 g/mol. The number of carbonyl (C=O) groups excluding carboxylic acids is 3. The molecule has 0 aliphatic rings. The summed E-state index contributed by atoms with van der Waals surface area (Å²) in [6, 6.07) is 14.0. The van der Waals surface area contributed by atoms with E-state index in [-0.39, 0.29) is 36.8 Å². The molecule has 0 heterocycles. The molecule has 0 bridgehead atoms. The maximum atomic E-state index is 12.8. The van der Waals surface area contributed by atoms with E-state index in [9.17, 15) is 18.8 Å². The number of nitrogens with one attached hydrogen (secondary N) is 1. The second kappa shape index (κ2) is 9.46. The van der Waals surface area contributed by atoms with Crippen molar-refractivity contribution in [1.82, 2.24) is 0 Å². The van der Waals surface area contributed by atoms with Crippen LogP contribution in [0.4, 0.5) is 10.1 Å². The fourth-order valence-corrected chi connectivity index (χ4v) is 2.30. The smallest absolute Gasteiger partial charge is 0.306 e. The minimum absolute atomic E-state index is 0.0310. The van der Waals surface area contributed by atoms with E-state index in [1.54, 1.807) is 30.3 Å².